The van der Waals surface area contributed by atoms with E-state index in [1.54, 1.807) is 0 Å². The number of rotatable bonds is 4. The summed E-state index contributed by atoms with van der Waals surface area (Å²) in [6, 6.07) is 0. The molecule has 3 nitrogen and oxygen atoms in total. The van der Waals surface area contributed by atoms with Crippen molar-refractivity contribution in [1.29, 1.82) is 0 Å². The van der Waals surface area contributed by atoms with Gasteiger partial charge in [-0.2, -0.15) is 0 Å². The minimum atomic E-state index is 0.523. The van der Waals surface area contributed by atoms with Crippen molar-refractivity contribution in [2.24, 2.45) is 0 Å². The van der Waals surface area contributed by atoms with E-state index in [9.17, 15) is 0 Å². The maximum Gasteiger partial charge on any atom is 0.207 e. The largest absolute Gasteiger partial charge is 0.300 e. The van der Waals surface area contributed by atoms with Crippen LogP contribution in [0.3, 0.4) is 0 Å². The van der Waals surface area contributed by atoms with Crippen molar-refractivity contribution >= 4 is 22.9 Å². The van der Waals surface area contributed by atoms with Gasteiger partial charge in [-0.1, -0.05) is 18.3 Å². The molecule has 12 heavy (non-hydrogen) atoms. The van der Waals surface area contributed by atoms with Gasteiger partial charge in [0, 0.05) is 0 Å². The van der Waals surface area contributed by atoms with Gasteiger partial charge in [0.05, 0.1) is 6.54 Å². The van der Waals surface area contributed by atoms with E-state index < -0.39 is 0 Å². The van der Waals surface area contributed by atoms with Crippen molar-refractivity contribution in [2.75, 3.05) is 13.6 Å². The number of aromatic nitrogens is 2. The van der Waals surface area contributed by atoms with Gasteiger partial charge in [0.2, 0.25) is 4.47 Å². The van der Waals surface area contributed by atoms with Crippen molar-refractivity contribution in [3.8, 4) is 0 Å². The first kappa shape index (κ1) is 9.89. The Morgan fingerprint density at radius 2 is 2.25 bits per heavy atom. The van der Waals surface area contributed by atoms with Crippen LogP contribution in [-0.4, -0.2) is 28.7 Å². The highest BCUT2D eigenvalue weighted by Crippen LogP contribution is 2.15. The minimum absolute atomic E-state index is 0.523. The van der Waals surface area contributed by atoms with Gasteiger partial charge in [-0.05, 0) is 31.6 Å². The first-order chi connectivity index (χ1) is 5.72. The Morgan fingerprint density at radius 3 is 2.75 bits per heavy atom. The number of hydrogen-bond donors (Lipinski definition) is 0. The highest BCUT2D eigenvalue weighted by Gasteiger charge is 2.04. The monoisotopic (exact) mass is 205 g/mol. The smallest absolute Gasteiger partial charge is 0.207 e. The van der Waals surface area contributed by atoms with Crippen molar-refractivity contribution in [3.63, 3.8) is 0 Å². The lowest BCUT2D eigenvalue weighted by Gasteiger charge is -2.12. The summed E-state index contributed by atoms with van der Waals surface area (Å²) in [7, 11) is 2.07. The lowest BCUT2D eigenvalue weighted by Crippen LogP contribution is -2.18. The zero-order valence-electron chi connectivity index (χ0n) is 7.25. The zero-order chi connectivity index (χ0) is 8.97. The van der Waals surface area contributed by atoms with E-state index in [0.29, 0.717) is 4.47 Å². The van der Waals surface area contributed by atoms with Crippen molar-refractivity contribution in [3.05, 3.63) is 9.47 Å². The van der Waals surface area contributed by atoms with Crippen LogP contribution in [0.1, 0.15) is 18.4 Å². The summed E-state index contributed by atoms with van der Waals surface area (Å²) in [5.41, 5.74) is 0. The van der Waals surface area contributed by atoms with Crippen molar-refractivity contribution < 1.29 is 0 Å². The van der Waals surface area contributed by atoms with E-state index in [1.807, 2.05) is 0 Å². The maximum absolute atomic E-state index is 5.65. The Bertz CT molecular complexity index is 238. The van der Waals surface area contributed by atoms with Gasteiger partial charge in [-0.15, -0.1) is 10.2 Å². The molecule has 0 N–H and O–H groups in total. The molecule has 5 heteroatoms. The standard InChI is InChI=1S/C7H12ClN3S/c1-3-4-11(2)5-6-9-10-7(8)12-6/h3-5H2,1-2H3. The molecule has 0 aliphatic rings. The average molecular weight is 206 g/mol. The lowest BCUT2D eigenvalue weighted by molar-refractivity contribution is 0.326. The zero-order valence-corrected chi connectivity index (χ0v) is 8.82. The molecule has 0 amide bonds. The van der Waals surface area contributed by atoms with E-state index in [4.69, 9.17) is 11.6 Å². The molecule has 1 aromatic heterocycles. The second kappa shape index (κ2) is 4.74. The fourth-order valence-corrected chi connectivity index (χ4v) is 1.94. The Hall–Kier alpha value is -0.190. The number of hydrogen-bond acceptors (Lipinski definition) is 4. The lowest BCUT2D eigenvalue weighted by atomic mass is 10.4. The van der Waals surface area contributed by atoms with Crippen LogP contribution in [0.25, 0.3) is 0 Å². The first-order valence-corrected chi connectivity index (χ1v) is 5.08. The summed E-state index contributed by atoms with van der Waals surface area (Å²) in [6.45, 7) is 4.08. The third kappa shape index (κ3) is 3.05. The van der Waals surface area contributed by atoms with E-state index in [2.05, 4.69) is 29.1 Å². The molecule has 0 atom stereocenters. The molecule has 0 unspecified atom stereocenters. The third-order valence-corrected chi connectivity index (χ3v) is 2.46. The van der Waals surface area contributed by atoms with E-state index >= 15 is 0 Å². The van der Waals surface area contributed by atoms with Gasteiger partial charge in [0.15, 0.2) is 0 Å². The summed E-state index contributed by atoms with van der Waals surface area (Å²) >= 11 is 7.09. The second-order valence-electron chi connectivity index (χ2n) is 2.69. The highest BCUT2D eigenvalue weighted by atomic mass is 35.5. The molecule has 0 radical (unpaired) electrons. The Balaban J connectivity index is 2.41. The van der Waals surface area contributed by atoms with Gasteiger partial charge in [-0.3, -0.25) is 4.90 Å². The predicted octanol–water partition coefficient (Wildman–Crippen LogP) is 2.03. The topological polar surface area (TPSA) is 29.0 Å². The van der Waals surface area contributed by atoms with Gasteiger partial charge in [0.25, 0.3) is 0 Å². The molecule has 0 saturated carbocycles. The van der Waals surface area contributed by atoms with Crippen LogP contribution >= 0.6 is 22.9 Å². The maximum atomic E-state index is 5.65. The quantitative estimate of drug-likeness (QED) is 0.754. The summed E-state index contributed by atoms with van der Waals surface area (Å²) in [5.74, 6) is 0. The highest BCUT2D eigenvalue weighted by molar-refractivity contribution is 7.15. The SMILES string of the molecule is CCCN(C)Cc1nnc(Cl)s1. The molecular formula is C7H12ClN3S. The minimum Gasteiger partial charge on any atom is -0.300 e. The third-order valence-electron chi connectivity index (χ3n) is 1.45. The van der Waals surface area contributed by atoms with Crippen LogP contribution in [0.4, 0.5) is 0 Å². The van der Waals surface area contributed by atoms with E-state index in [1.165, 1.54) is 11.3 Å². The van der Waals surface area contributed by atoms with Crippen LogP contribution < -0.4 is 0 Å². The molecule has 68 valence electrons. The van der Waals surface area contributed by atoms with Crippen molar-refractivity contribution in [1.82, 2.24) is 15.1 Å². The molecule has 0 aliphatic heterocycles. The summed E-state index contributed by atoms with van der Waals surface area (Å²) in [4.78, 5) is 2.21. The summed E-state index contributed by atoms with van der Waals surface area (Å²) in [6.07, 6.45) is 1.16. The van der Waals surface area contributed by atoms with E-state index in [-0.39, 0.29) is 0 Å². The normalized spacial score (nSPS) is 11.0. The molecule has 0 aliphatic carbocycles. The van der Waals surface area contributed by atoms with Crippen LogP contribution in [0.5, 0.6) is 0 Å². The molecule has 0 spiro atoms. The molecule has 1 rings (SSSR count). The second-order valence-corrected chi connectivity index (χ2v) is 4.33. The van der Waals surface area contributed by atoms with Gasteiger partial charge in [-0.25, -0.2) is 0 Å². The molecule has 0 fully saturated rings. The van der Waals surface area contributed by atoms with Gasteiger partial charge in [0.1, 0.15) is 5.01 Å². The molecular weight excluding hydrogens is 194 g/mol. The predicted molar refractivity (Wildman–Crippen MR) is 51.5 cm³/mol. The molecule has 0 aromatic carbocycles. The van der Waals surface area contributed by atoms with Crippen molar-refractivity contribution in [2.45, 2.75) is 19.9 Å². The fourth-order valence-electron chi connectivity index (χ4n) is 0.989. The summed E-state index contributed by atoms with van der Waals surface area (Å²) < 4.78 is 0.523. The van der Waals surface area contributed by atoms with Gasteiger partial charge >= 0.3 is 0 Å². The van der Waals surface area contributed by atoms with Crippen LogP contribution in [0.2, 0.25) is 4.47 Å². The Morgan fingerprint density at radius 1 is 1.50 bits per heavy atom. The molecule has 0 bridgehead atoms. The molecule has 1 heterocycles. The van der Waals surface area contributed by atoms with Crippen LogP contribution in [0.15, 0.2) is 0 Å². The molecule has 1 aromatic rings. The van der Waals surface area contributed by atoms with Crippen LogP contribution in [-0.2, 0) is 6.54 Å². The average Bonchev–Trinajstić information content (AvgIpc) is 2.36. The number of nitrogens with zero attached hydrogens (tertiary/aromatic N) is 3. The Labute approximate surface area is 81.4 Å². The Kier molecular flexibility index (Phi) is 3.91. The van der Waals surface area contributed by atoms with Crippen LogP contribution in [0, 0.1) is 0 Å². The summed E-state index contributed by atoms with van der Waals surface area (Å²) in [5, 5.41) is 8.65. The van der Waals surface area contributed by atoms with Gasteiger partial charge < -0.3 is 0 Å². The first-order valence-electron chi connectivity index (χ1n) is 3.88. The number of halogens is 1. The molecule has 0 saturated heterocycles. The fraction of sp³-hybridized carbons (Fsp3) is 0.714. The van der Waals surface area contributed by atoms with E-state index in [0.717, 1.165) is 24.5 Å².